The standard InChI is InChI=1S/C39H32N8O21S3/c48-9-11-67-29-16-27(30(68-12-10-49)15-26(29)42-40-24-7-5-20(69(58,59)60)13-23(24)39(56)57)43-45-34-31(70(61,62)63)14-22-21(35(34)52)6-8-25(36(22)71(64,65)66)41-44-33-28(17-32(50)51)46-47(37(33)53)19-3-1-18(2-4-19)38(54)55/h1-8,13-16,33,48-49,52H,9-12,17H2,(H,50,51)(H,54,55)(H,56,57)(H,58,59,60)(H,61,62,63)(H,64,65,66)/b42-40+,44-41+,45-43+. The Morgan fingerprint density at radius 2 is 1.23 bits per heavy atom. The number of phenolic OH excluding ortho intramolecular Hbond substituents is 1. The Bertz CT molecular complexity index is 3490. The van der Waals surface area contributed by atoms with Gasteiger partial charge in [-0.3, -0.25) is 23.2 Å². The number of anilines is 1. The van der Waals surface area contributed by atoms with E-state index in [-0.39, 0.29) is 28.4 Å². The number of hydrogen-bond donors (Lipinski definition) is 9. The van der Waals surface area contributed by atoms with Crippen LogP contribution < -0.4 is 14.5 Å². The summed E-state index contributed by atoms with van der Waals surface area (Å²) in [5.41, 5.74) is -4.40. The van der Waals surface area contributed by atoms with Gasteiger partial charge in [0.25, 0.3) is 36.3 Å². The molecule has 0 fully saturated rings. The fourth-order valence-corrected chi connectivity index (χ4v) is 8.33. The van der Waals surface area contributed by atoms with Crippen molar-refractivity contribution in [2.45, 2.75) is 27.1 Å². The minimum Gasteiger partial charge on any atom is -0.505 e. The highest BCUT2D eigenvalue weighted by molar-refractivity contribution is 7.86. The predicted molar refractivity (Wildman–Crippen MR) is 237 cm³/mol. The fraction of sp³-hybridized carbons (Fsp3) is 0.154. The Kier molecular flexibility index (Phi) is 15.3. The van der Waals surface area contributed by atoms with Crippen LogP contribution in [0.2, 0.25) is 0 Å². The van der Waals surface area contributed by atoms with Crippen LogP contribution in [0.25, 0.3) is 10.8 Å². The van der Waals surface area contributed by atoms with Gasteiger partial charge in [-0.1, -0.05) is 0 Å². The molecule has 1 aliphatic heterocycles. The molecule has 0 radical (unpaired) electrons. The Morgan fingerprint density at radius 3 is 1.75 bits per heavy atom. The molecule has 0 saturated heterocycles. The minimum absolute atomic E-state index is 0.0293. The predicted octanol–water partition coefficient (Wildman–Crippen LogP) is 4.58. The van der Waals surface area contributed by atoms with Crippen molar-refractivity contribution in [3.05, 3.63) is 83.9 Å². The lowest BCUT2D eigenvalue weighted by molar-refractivity contribution is -0.135. The van der Waals surface area contributed by atoms with Gasteiger partial charge in [0.1, 0.15) is 62.9 Å². The number of phenols is 1. The molecule has 0 spiro atoms. The van der Waals surface area contributed by atoms with Gasteiger partial charge < -0.3 is 40.1 Å². The Hall–Kier alpha value is -8.24. The van der Waals surface area contributed by atoms with Crippen LogP contribution >= 0.6 is 0 Å². The van der Waals surface area contributed by atoms with Gasteiger partial charge in [-0.05, 0) is 60.7 Å². The molecule has 1 atom stereocenters. The van der Waals surface area contributed by atoms with E-state index in [1.807, 2.05) is 0 Å². The van der Waals surface area contributed by atoms with Crippen LogP contribution in [0.15, 0.2) is 123 Å². The van der Waals surface area contributed by atoms with Crippen molar-refractivity contribution in [3.8, 4) is 17.2 Å². The molecule has 0 bridgehead atoms. The quantitative estimate of drug-likeness (QED) is 0.0380. The van der Waals surface area contributed by atoms with E-state index in [0.717, 1.165) is 48.5 Å². The number of hydrogen-bond acceptors (Lipinski definition) is 22. The number of carboxylic acid groups (broad SMARTS) is 3. The molecule has 0 aliphatic carbocycles. The van der Waals surface area contributed by atoms with Crippen molar-refractivity contribution >= 4 is 105 Å². The molecule has 1 heterocycles. The number of aliphatic hydroxyl groups excluding tert-OH is 2. The number of aromatic hydroxyl groups is 1. The number of amides is 1. The lowest BCUT2D eigenvalue weighted by atomic mass is 10.1. The van der Waals surface area contributed by atoms with E-state index in [1.165, 1.54) is 12.1 Å². The summed E-state index contributed by atoms with van der Waals surface area (Å²) >= 11 is 0. The van der Waals surface area contributed by atoms with Crippen molar-refractivity contribution in [1.29, 1.82) is 0 Å². The molecule has 6 rings (SSSR count). The number of azo groups is 3. The first kappa shape index (κ1) is 52.1. The molecular weight excluding hydrogens is 1010 g/mol. The molecule has 1 unspecified atom stereocenters. The topological polar surface area (TPSA) is 461 Å². The molecule has 5 aromatic carbocycles. The van der Waals surface area contributed by atoms with Crippen molar-refractivity contribution in [1.82, 2.24) is 0 Å². The lowest BCUT2D eigenvalue weighted by Crippen LogP contribution is -2.31. The van der Waals surface area contributed by atoms with Crippen LogP contribution in [0, 0.1) is 0 Å². The molecular formula is C39H32N8O21S3. The zero-order chi connectivity index (χ0) is 52.2. The number of carbonyl (C=O) groups excluding carboxylic acids is 1. The van der Waals surface area contributed by atoms with Crippen molar-refractivity contribution in [3.63, 3.8) is 0 Å². The van der Waals surface area contributed by atoms with E-state index < -0.39 is 158 Å². The van der Waals surface area contributed by atoms with Crippen LogP contribution in [0.4, 0.5) is 34.1 Å². The van der Waals surface area contributed by atoms with Gasteiger partial charge in [-0.2, -0.15) is 45.6 Å². The minimum atomic E-state index is -5.56. The van der Waals surface area contributed by atoms with E-state index >= 15 is 0 Å². The summed E-state index contributed by atoms with van der Waals surface area (Å²) in [6, 6.07) is 9.28. The normalized spacial score (nSPS) is 14.5. The average Bonchev–Trinajstić information content (AvgIpc) is 3.60. The van der Waals surface area contributed by atoms with Gasteiger partial charge in [-0.25, -0.2) is 9.59 Å². The largest absolute Gasteiger partial charge is 0.505 e. The third-order valence-corrected chi connectivity index (χ3v) is 12.1. The van der Waals surface area contributed by atoms with Gasteiger partial charge in [-0.15, -0.1) is 20.5 Å². The van der Waals surface area contributed by atoms with Gasteiger partial charge in [0.05, 0.1) is 47.1 Å². The molecule has 372 valence electrons. The van der Waals surface area contributed by atoms with Crippen LogP contribution in [-0.2, 0) is 39.9 Å². The number of fused-ring (bicyclic) bond motifs is 1. The molecule has 1 amide bonds. The number of aromatic carboxylic acids is 2. The average molecular weight is 1040 g/mol. The van der Waals surface area contributed by atoms with E-state index in [0.29, 0.717) is 17.1 Å². The molecule has 0 saturated carbocycles. The summed E-state index contributed by atoms with van der Waals surface area (Å²) in [4.78, 5) is 45.0. The van der Waals surface area contributed by atoms with Crippen molar-refractivity contribution in [2.75, 3.05) is 31.4 Å². The first-order valence-electron chi connectivity index (χ1n) is 19.3. The molecule has 9 N–H and O–H groups in total. The Morgan fingerprint density at radius 1 is 0.648 bits per heavy atom. The van der Waals surface area contributed by atoms with Gasteiger partial charge in [0, 0.05) is 22.9 Å². The van der Waals surface area contributed by atoms with Crippen LogP contribution in [0.5, 0.6) is 17.2 Å². The zero-order valence-electron chi connectivity index (χ0n) is 35.3. The van der Waals surface area contributed by atoms with E-state index in [1.54, 1.807) is 0 Å². The highest BCUT2D eigenvalue weighted by Crippen LogP contribution is 2.47. The maximum atomic E-state index is 13.5. The van der Waals surface area contributed by atoms with E-state index in [4.69, 9.17) is 9.47 Å². The van der Waals surface area contributed by atoms with E-state index in [9.17, 15) is 88.7 Å². The molecule has 71 heavy (non-hydrogen) atoms. The maximum absolute atomic E-state index is 13.5. The number of hydrazone groups is 1. The second-order valence-corrected chi connectivity index (χ2v) is 18.3. The number of benzene rings is 5. The number of ether oxygens (including phenoxy) is 2. The number of carboxylic acids is 3. The highest BCUT2D eigenvalue weighted by Gasteiger charge is 2.38. The number of carbonyl (C=O) groups is 4. The third-order valence-electron chi connectivity index (χ3n) is 9.42. The summed E-state index contributed by atoms with van der Waals surface area (Å²) in [6.07, 6.45) is -0.902. The second kappa shape index (κ2) is 20.8. The van der Waals surface area contributed by atoms with Crippen molar-refractivity contribution in [2.24, 2.45) is 35.8 Å². The maximum Gasteiger partial charge on any atom is 0.338 e. The second-order valence-electron chi connectivity index (χ2n) is 14.1. The zero-order valence-corrected chi connectivity index (χ0v) is 37.7. The number of rotatable bonds is 20. The van der Waals surface area contributed by atoms with Gasteiger partial charge in [0.15, 0.2) is 11.8 Å². The Balaban J connectivity index is 1.46. The van der Waals surface area contributed by atoms with Crippen molar-refractivity contribution < 1.29 is 98.2 Å². The van der Waals surface area contributed by atoms with E-state index in [2.05, 4.69) is 35.8 Å². The molecule has 5 aromatic rings. The molecule has 0 aromatic heterocycles. The monoisotopic (exact) mass is 1040 g/mol. The number of aliphatic carboxylic acids is 1. The fourth-order valence-electron chi connectivity index (χ4n) is 6.35. The van der Waals surface area contributed by atoms with Gasteiger partial charge in [0.2, 0.25) is 0 Å². The summed E-state index contributed by atoms with van der Waals surface area (Å²) < 4.78 is 116. The lowest BCUT2D eigenvalue weighted by Gasteiger charge is -2.14. The number of aliphatic hydroxyl groups is 2. The molecule has 32 heteroatoms. The van der Waals surface area contributed by atoms with Gasteiger partial charge >= 0.3 is 17.9 Å². The first-order valence-corrected chi connectivity index (χ1v) is 23.6. The van der Waals surface area contributed by atoms with Crippen LogP contribution in [0.1, 0.15) is 27.1 Å². The first-order chi connectivity index (χ1) is 33.3. The highest BCUT2D eigenvalue weighted by atomic mass is 32.2. The Labute approximate surface area is 397 Å². The molecule has 1 aliphatic rings. The van der Waals surface area contributed by atoms with Crippen LogP contribution in [0.3, 0.4) is 0 Å². The number of nitrogens with zero attached hydrogens (tertiary/aromatic N) is 8. The summed E-state index contributed by atoms with van der Waals surface area (Å²) in [7, 11) is -15.9. The third kappa shape index (κ3) is 11.8. The molecule has 29 nitrogen and oxygen atoms in total. The summed E-state index contributed by atoms with van der Waals surface area (Å²) in [6.45, 7) is -2.12. The summed E-state index contributed by atoms with van der Waals surface area (Å²) in [5, 5.41) is 85.0. The SMILES string of the molecule is O=C(O)CC1=NN(c2ccc(C(=O)O)cc2)C(=O)C1/N=N/c1ccc2c(O)c(/N=N/c3cc(OCCO)c(/N=N/c4ccc(S(=O)(=O)O)cc4C(=O)O)cc3OCCO)c(S(=O)(=O)O)cc2c1S(=O)(=O)O. The van der Waals surface area contributed by atoms with Crippen LogP contribution in [-0.4, -0.2) is 132 Å². The summed E-state index contributed by atoms with van der Waals surface area (Å²) in [5.74, 6) is -7.38. The smallest absolute Gasteiger partial charge is 0.338 e.